The van der Waals surface area contributed by atoms with Gasteiger partial charge in [-0.25, -0.2) is 9.37 Å². The SMILES string of the molecule is CNc1nc(Oc2ccc(Cl)c(F)c2)c2ccsc2n1. The molecule has 0 unspecified atom stereocenters. The third-order valence-electron chi connectivity index (χ3n) is 2.62. The molecule has 0 aliphatic carbocycles. The summed E-state index contributed by atoms with van der Waals surface area (Å²) in [5, 5.41) is 5.60. The van der Waals surface area contributed by atoms with E-state index in [9.17, 15) is 4.39 Å². The number of anilines is 1. The van der Waals surface area contributed by atoms with Gasteiger partial charge >= 0.3 is 0 Å². The summed E-state index contributed by atoms with van der Waals surface area (Å²) in [7, 11) is 1.72. The standard InChI is InChI=1S/C13H9ClFN3OS/c1-16-13-17-11(8-4-5-20-12(8)18-13)19-7-2-3-9(14)10(15)6-7/h2-6H,1H3,(H,16,17,18). The summed E-state index contributed by atoms with van der Waals surface area (Å²) in [6, 6.07) is 6.12. The molecule has 0 radical (unpaired) electrons. The fraction of sp³-hybridized carbons (Fsp3) is 0.0769. The van der Waals surface area contributed by atoms with Gasteiger partial charge in [0.2, 0.25) is 11.8 Å². The molecule has 2 heterocycles. The monoisotopic (exact) mass is 309 g/mol. The summed E-state index contributed by atoms with van der Waals surface area (Å²) in [4.78, 5) is 9.35. The van der Waals surface area contributed by atoms with Gasteiger partial charge in [-0.05, 0) is 23.6 Å². The average Bonchev–Trinajstić information content (AvgIpc) is 2.91. The molecule has 0 bridgehead atoms. The topological polar surface area (TPSA) is 47.0 Å². The number of nitrogens with zero attached hydrogens (tertiary/aromatic N) is 2. The summed E-state index contributed by atoms with van der Waals surface area (Å²) in [5.41, 5.74) is 0. The Labute approximate surface area is 123 Å². The Hall–Kier alpha value is -1.92. The van der Waals surface area contributed by atoms with Gasteiger partial charge in [-0.3, -0.25) is 0 Å². The number of fused-ring (bicyclic) bond motifs is 1. The predicted octanol–water partition coefficient (Wildman–Crippen LogP) is 4.32. The van der Waals surface area contributed by atoms with Crippen molar-refractivity contribution in [3.8, 4) is 11.6 Å². The fourth-order valence-corrected chi connectivity index (χ4v) is 2.54. The van der Waals surface area contributed by atoms with E-state index < -0.39 is 5.82 Å². The van der Waals surface area contributed by atoms with Gasteiger partial charge in [-0.1, -0.05) is 11.6 Å². The van der Waals surface area contributed by atoms with Crippen molar-refractivity contribution in [3.63, 3.8) is 0 Å². The van der Waals surface area contributed by atoms with E-state index >= 15 is 0 Å². The van der Waals surface area contributed by atoms with Crippen molar-refractivity contribution in [2.45, 2.75) is 0 Å². The van der Waals surface area contributed by atoms with Gasteiger partial charge in [0.15, 0.2) is 0 Å². The summed E-state index contributed by atoms with van der Waals surface area (Å²) < 4.78 is 19.1. The Kier molecular flexibility index (Phi) is 3.42. The molecule has 2 aromatic heterocycles. The number of aromatic nitrogens is 2. The van der Waals surface area contributed by atoms with Crippen molar-refractivity contribution < 1.29 is 9.13 Å². The number of rotatable bonds is 3. The zero-order chi connectivity index (χ0) is 14.1. The maximum Gasteiger partial charge on any atom is 0.232 e. The van der Waals surface area contributed by atoms with Gasteiger partial charge in [-0.2, -0.15) is 4.98 Å². The van der Waals surface area contributed by atoms with Crippen LogP contribution in [-0.2, 0) is 0 Å². The third kappa shape index (κ3) is 2.39. The number of hydrogen-bond acceptors (Lipinski definition) is 5. The van der Waals surface area contributed by atoms with Crippen LogP contribution in [0, 0.1) is 5.82 Å². The maximum absolute atomic E-state index is 13.4. The normalized spacial score (nSPS) is 10.8. The minimum Gasteiger partial charge on any atom is -0.438 e. The van der Waals surface area contributed by atoms with Gasteiger partial charge < -0.3 is 10.1 Å². The van der Waals surface area contributed by atoms with Crippen LogP contribution in [0.4, 0.5) is 10.3 Å². The minimum atomic E-state index is -0.534. The van der Waals surface area contributed by atoms with Gasteiger partial charge in [0.05, 0.1) is 10.4 Å². The molecule has 20 heavy (non-hydrogen) atoms. The highest BCUT2D eigenvalue weighted by molar-refractivity contribution is 7.16. The molecule has 4 nitrogen and oxygen atoms in total. The highest BCUT2D eigenvalue weighted by Crippen LogP contribution is 2.32. The summed E-state index contributed by atoms with van der Waals surface area (Å²) >= 11 is 7.13. The minimum absolute atomic E-state index is 0.0524. The largest absolute Gasteiger partial charge is 0.438 e. The molecule has 0 spiro atoms. The molecular weight excluding hydrogens is 301 g/mol. The van der Waals surface area contributed by atoms with Crippen LogP contribution >= 0.6 is 22.9 Å². The second kappa shape index (κ2) is 5.22. The van der Waals surface area contributed by atoms with Crippen LogP contribution in [0.2, 0.25) is 5.02 Å². The van der Waals surface area contributed by atoms with E-state index in [1.54, 1.807) is 13.1 Å². The van der Waals surface area contributed by atoms with Crippen LogP contribution in [0.5, 0.6) is 11.6 Å². The Morgan fingerprint density at radius 1 is 1.30 bits per heavy atom. The number of benzene rings is 1. The van der Waals surface area contributed by atoms with E-state index in [0.29, 0.717) is 17.6 Å². The van der Waals surface area contributed by atoms with Crippen LogP contribution in [0.25, 0.3) is 10.2 Å². The van der Waals surface area contributed by atoms with Crippen molar-refractivity contribution in [1.82, 2.24) is 9.97 Å². The first-order valence-electron chi connectivity index (χ1n) is 5.73. The third-order valence-corrected chi connectivity index (χ3v) is 3.73. The number of halogens is 2. The smallest absolute Gasteiger partial charge is 0.232 e. The molecule has 0 saturated heterocycles. The first kappa shape index (κ1) is 13.1. The zero-order valence-corrected chi connectivity index (χ0v) is 11.9. The Bertz CT molecular complexity index is 777. The van der Waals surface area contributed by atoms with Crippen LogP contribution in [0.1, 0.15) is 0 Å². The summed E-state index contributed by atoms with van der Waals surface area (Å²) in [5.74, 6) is 0.625. The Morgan fingerprint density at radius 3 is 2.90 bits per heavy atom. The molecule has 0 aliphatic rings. The second-order valence-electron chi connectivity index (χ2n) is 3.92. The molecule has 7 heteroatoms. The maximum atomic E-state index is 13.4. The molecule has 0 aliphatic heterocycles. The number of hydrogen-bond donors (Lipinski definition) is 1. The molecule has 0 atom stereocenters. The van der Waals surface area contributed by atoms with Crippen molar-refractivity contribution in [2.24, 2.45) is 0 Å². The quantitative estimate of drug-likeness (QED) is 0.783. The molecular formula is C13H9ClFN3OS. The van der Waals surface area contributed by atoms with Crippen LogP contribution in [0.15, 0.2) is 29.6 Å². The van der Waals surface area contributed by atoms with Crippen LogP contribution < -0.4 is 10.1 Å². The second-order valence-corrected chi connectivity index (χ2v) is 5.22. The lowest BCUT2D eigenvalue weighted by molar-refractivity contribution is 0.464. The molecule has 0 fully saturated rings. The molecule has 3 aromatic rings. The van der Waals surface area contributed by atoms with E-state index in [1.807, 2.05) is 11.4 Å². The molecule has 3 rings (SSSR count). The highest BCUT2D eigenvalue weighted by Gasteiger charge is 2.11. The van der Waals surface area contributed by atoms with Crippen molar-refractivity contribution in [3.05, 3.63) is 40.5 Å². The van der Waals surface area contributed by atoms with Crippen molar-refractivity contribution in [2.75, 3.05) is 12.4 Å². The van der Waals surface area contributed by atoms with E-state index in [4.69, 9.17) is 16.3 Å². The fourth-order valence-electron chi connectivity index (χ4n) is 1.67. The average molecular weight is 310 g/mol. The van der Waals surface area contributed by atoms with Gasteiger partial charge in [0, 0.05) is 13.1 Å². The highest BCUT2D eigenvalue weighted by atomic mass is 35.5. The molecule has 0 saturated carbocycles. The Balaban J connectivity index is 2.04. The van der Waals surface area contributed by atoms with E-state index in [1.165, 1.54) is 23.5 Å². The van der Waals surface area contributed by atoms with Gasteiger partial charge in [-0.15, -0.1) is 11.3 Å². The van der Waals surface area contributed by atoms with Crippen molar-refractivity contribution >= 4 is 39.1 Å². The number of thiophene rings is 1. The van der Waals surface area contributed by atoms with Crippen molar-refractivity contribution in [1.29, 1.82) is 0 Å². The Morgan fingerprint density at radius 2 is 2.15 bits per heavy atom. The summed E-state index contributed by atoms with van der Waals surface area (Å²) in [6.07, 6.45) is 0. The number of ether oxygens (including phenoxy) is 1. The van der Waals surface area contributed by atoms with Crippen LogP contribution in [0.3, 0.4) is 0 Å². The first-order valence-corrected chi connectivity index (χ1v) is 6.99. The first-order chi connectivity index (χ1) is 9.67. The zero-order valence-electron chi connectivity index (χ0n) is 10.4. The lowest BCUT2D eigenvalue weighted by Crippen LogP contribution is -1.98. The van der Waals surface area contributed by atoms with E-state index in [-0.39, 0.29) is 5.02 Å². The van der Waals surface area contributed by atoms with Gasteiger partial charge in [0.1, 0.15) is 16.4 Å². The number of nitrogens with one attached hydrogen (secondary N) is 1. The van der Waals surface area contributed by atoms with Crippen LogP contribution in [-0.4, -0.2) is 17.0 Å². The molecule has 1 aromatic carbocycles. The molecule has 1 N–H and O–H groups in total. The van der Waals surface area contributed by atoms with Gasteiger partial charge in [0.25, 0.3) is 0 Å². The molecule has 0 amide bonds. The van der Waals surface area contributed by atoms with E-state index in [0.717, 1.165) is 10.2 Å². The lowest BCUT2D eigenvalue weighted by atomic mass is 10.3. The summed E-state index contributed by atoms with van der Waals surface area (Å²) in [6.45, 7) is 0. The lowest BCUT2D eigenvalue weighted by Gasteiger charge is -2.08. The predicted molar refractivity (Wildman–Crippen MR) is 78.4 cm³/mol. The molecule has 102 valence electrons. The van der Waals surface area contributed by atoms with E-state index in [2.05, 4.69) is 15.3 Å².